The van der Waals surface area contributed by atoms with Crippen molar-refractivity contribution in [3.8, 4) is 0 Å². The maximum atomic E-state index is 9.33. The molecule has 1 unspecified atom stereocenters. The van der Waals surface area contributed by atoms with Gasteiger partial charge in [0.1, 0.15) is 0 Å². The highest BCUT2D eigenvalue weighted by molar-refractivity contribution is 4.64. The first kappa shape index (κ1) is 9.92. The van der Waals surface area contributed by atoms with E-state index in [1.54, 1.807) is 0 Å². The van der Waals surface area contributed by atoms with Crippen LogP contribution in [0.4, 0.5) is 0 Å². The van der Waals surface area contributed by atoms with Gasteiger partial charge in [-0.05, 0) is 13.8 Å². The summed E-state index contributed by atoms with van der Waals surface area (Å²) in [5.74, 6) is 0. The fourth-order valence-corrected chi connectivity index (χ4v) is 0.462. The molecule has 0 saturated carbocycles. The van der Waals surface area contributed by atoms with Gasteiger partial charge in [0.25, 0.3) is 0 Å². The lowest BCUT2D eigenvalue weighted by atomic mass is 9.96. The van der Waals surface area contributed by atoms with Crippen LogP contribution in [0.25, 0.3) is 0 Å². The molecule has 0 radical (unpaired) electrons. The molecule has 1 N–H and O–H groups in total. The Morgan fingerprint density at radius 2 is 1.60 bits per heavy atom. The summed E-state index contributed by atoms with van der Waals surface area (Å²) < 4.78 is 5.17. The van der Waals surface area contributed by atoms with Crippen LogP contribution in [0.2, 0.25) is 0 Å². The molecule has 0 spiro atoms. The Morgan fingerprint density at radius 1 is 1.20 bits per heavy atom. The third kappa shape index (κ3) is 3.85. The van der Waals surface area contributed by atoms with Crippen molar-refractivity contribution >= 4 is 0 Å². The summed E-state index contributed by atoms with van der Waals surface area (Å²) in [6.07, 6.45) is -0.568. The standard InChI is InChI=1S/C8H18O2/c1-6(2)10-7(9)8(3,4)5/h6-7,9H,1-5H3. The second-order valence-electron chi connectivity index (χ2n) is 3.90. The molecule has 0 rings (SSSR count). The summed E-state index contributed by atoms with van der Waals surface area (Å²) in [6, 6.07) is 0. The van der Waals surface area contributed by atoms with Gasteiger partial charge < -0.3 is 9.84 Å². The molecule has 62 valence electrons. The quantitative estimate of drug-likeness (QED) is 0.602. The summed E-state index contributed by atoms with van der Waals surface area (Å²) >= 11 is 0. The van der Waals surface area contributed by atoms with Crippen LogP contribution in [-0.2, 0) is 4.74 Å². The number of aliphatic hydroxyl groups excluding tert-OH is 1. The highest BCUT2D eigenvalue weighted by Gasteiger charge is 2.23. The van der Waals surface area contributed by atoms with E-state index < -0.39 is 6.29 Å². The zero-order chi connectivity index (χ0) is 8.36. The van der Waals surface area contributed by atoms with E-state index in [-0.39, 0.29) is 11.5 Å². The SMILES string of the molecule is CC(C)OC(O)C(C)(C)C. The molecule has 10 heavy (non-hydrogen) atoms. The topological polar surface area (TPSA) is 29.5 Å². The molecular weight excluding hydrogens is 128 g/mol. The van der Waals surface area contributed by atoms with Crippen LogP contribution in [0.5, 0.6) is 0 Å². The van der Waals surface area contributed by atoms with Crippen molar-refractivity contribution < 1.29 is 9.84 Å². The number of hydrogen-bond donors (Lipinski definition) is 1. The van der Waals surface area contributed by atoms with E-state index in [2.05, 4.69) is 0 Å². The van der Waals surface area contributed by atoms with Crippen LogP contribution in [0.3, 0.4) is 0 Å². The van der Waals surface area contributed by atoms with Crippen molar-refractivity contribution in [1.82, 2.24) is 0 Å². The minimum Gasteiger partial charge on any atom is -0.368 e. The van der Waals surface area contributed by atoms with E-state index in [9.17, 15) is 5.11 Å². The Hall–Kier alpha value is -0.0800. The van der Waals surface area contributed by atoms with Crippen molar-refractivity contribution in [3.05, 3.63) is 0 Å². The molecule has 1 atom stereocenters. The van der Waals surface area contributed by atoms with Crippen LogP contribution < -0.4 is 0 Å². The smallest absolute Gasteiger partial charge is 0.159 e. The molecule has 0 bridgehead atoms. The minimum absolute atomic E-state index is 0.0919. The lowest BCUT2D eigenvalue weighted by molar-refractivity contribution is -0.179. The van der Waals surface area contributed by atoms with Crippen LogP contribution >= 0.6 is 0 Å². The molecule has 0 fully saturated rings. The highest BCUT2D eigenvalue weighted by Crippen LogP contribution is 2.20. The average molecular weight is 146 g/mol. The molecular formula is C8H18O2. The first-order chi connectivity index (χ1) is 4.34. The van der Waals surface area contributed by atoms with E-state index in [4.69, 9.17) is 4.74 Å². The zero-order valence-electron chi connectivity index (χ0n) is 7.51. The molecule has 2 nitrogen and oxygen atoms in total. The van der Waals surface area contributed by atoms with Crippen LogP contribution in [0.15, 0.2) is 0 Å². The molecule has 0 aliphatic carbocycles. The van der Waals surface area contributed by atoms with Crippen LogP contribution in [-0.4, -0.2) is 17.5 Å². The molecule has 0 saturated heterocycles. The number of ether oxygens (including phenoxy) is 1. The predicted molar refractivity (Wildman–Crippen MR) is 41.7 cm³/mol. The van der Waals surface area contributed by atoms with Gasteiger partial charge in [-0.2, -0.15) is 0 Å². The summed E-state index contributed by atoms with van der Waals surface area (Å²) in [5.41, 5.74) is -0.176. The number of aliphatic hydroxyl groups is 1. The summed E-state index contributed by atoms with van der Waals surface area (Å²) in [7, 11) is 0. The maximum Gasteiger partial charge on any atom is 0.159 e. The Bertz CT molecular complexity index is 91.9. The van der Waals surface area contributed by atoms with Gasteiger partial charge >= 0.3 is 0 Å². The van der Waals surface area contributed by atoms with Crippen LogP contribution in [0.1, 0.15) is 34.6 Å². The van der Waals surface area contributed by atoms with Gasteiger partial charge in [-0.3, -0.25) is 0 Å². The molecule has 0 aromatic carbocycles. The third-order valence-electron chi connectivity index (χ3n) is 1.14. The van der Waals surface area contributed by atoms with Crippen molar-refractivity contribution in [2.45, 2.75) is 47.0 Å². The van der Waals surface area contributed by atoms with Crippen LogP contribution in [0, 0.1) is 5.41 Å². The fraction of sp³-hybridized carbons (Fsp3) is 1.00. The van der Waals surface area contributed by atoms with Gasteiger partial charge in [-0.25, -0.2) is 0 Å². The minimum atomic E-state index is -0.660. The van der Waals surface area contributed by atoms with Gasteiger partial charge in [-0.1, -0.05) is 20.8 Å². The van der Waals surface area contributed by atoms with Crippen molar-refractivity contribution in [1.29, 1.82) is 0 Å². The normalized spacial score (nSPS) is 15.9. The number of hydrogen-bond acceptors (Lipinski definition) is 2. The first-order valence-electron chi connectivity index (χ1n) is 3.67. The van der Waals surface area contributed by atoms with Gasteiger partial charge in [0.2, 0.25) is 0 Å². The first-order valence-corrected chi connectivity index (χ1v) is 3.67. The molecule has 2 heteroatoms. The summed E-state index contributed by atoms with van der Waals surface area (Å²) in [5, 5.41) is 9.33. The average Bonchev–Trinajstić information content (AvgIpc) is 1.60. The van der Waals surface area contributed by atoms with E-state index in [0.29, 0.717) is 0 Å². The zero-order valence-corrected chi connectivity index (χ0v) is 7.51. The van der Waals surface area contributed by atoms with E-state index in [0.717, 1.165) is 0 Å². The molecule has 0 aliphatic rings. The lowest BCUT2D eigenvalue weighted by Crippen LogP contribution is -2.31. The third-order valence-corrected chi connectivity index (χ3v) is 1.14. The molecule has 0 aliphatic heterocycles. The van der Waals surface area contributed by atoms with E-state index in [1.165, 1.54) is 0 Å². The summed E-state index contributed by atoms with van der Waals surface area (Å²) in [4.78, 5) is 0. The fourth-order valence-electron chi connectivity index (χ4n) is 0.462. The van der Waals surface area contributed by atoms with E-state index >= 15 is 0 Å². The van der Waals surface area contributed by atoms with Gasteiger partial charge in [0.15, 0.2) is 6.29 Å². The largest absolute Gasteiger partial charge is 0.368 e. The second kappa shape index (κ2) is 3.35. The summed E-state index contributed by atoms with van der Waals surface area (Å²) in [6.45, 7) is 9.66. The number of rotatable bonds is 2. The second-order valence-corrected chi connectivity index (χ2v) is 3.90. The van der Waals surface area contributed by atoms with Gasteiger partial charge in [0.05, 0.1) is 6.10 Å². The predicted octanol–water partition coefficient (Wildman–Crippen LogP) is 1.78. The molecule has 0 amide bonds. The highest BCUT2D eigenvalue weighted by atomic mass is 16.6. The Labute approximate surface area is 63.2 Å². The maximum absolute atomic E-state index is 9.33. The Morgan fingerprint density at radius 3 is 1.70 bits per heavy atom. The molecule has 0 heterocycles. The van der Waals surface area contributed by atoms with Crippen molar-refractivity contribution in [2.24, 2.45) is 5.41 Å². The van der Waals surface area contributed by atoms with Gasteiger partial charge in [-0.15, -0.1) is 0 Å². The monoisotopic (exact) mass is 146 g/mol. The van der Waals surface area contributed by atoms with Crippen molar-refractivity contribution in [3.63, 3.8) is 0 Å². The van der Waals surface area contributed by atoms with Gasteiger partial charge in [0, 0.05) is 5.41 Å². The van der Waals surface area contributed by atoms with E-state index in [1.807, 2.05) is 34.6 Å². The molecule has 0 aromatic rings. The Balaban J connectivity index is 3.73. The molecule has 0 aromatic heterocycles. The lowest BCUT2D eigenvalue weighted by Gasteiger charge is -2.27. The Kier molecular flexibility index (Phi) is 3.33. The van der Waals surface area contributed by atoms with Crippen molar-refractivity contribution in [2.75, 3.05) is 0 Å².